The number of nitrogens with zero attached hydrogens (tertiary/aromatic N) is 5. The van der Waals surface area contributed by atoms with Crippen LogP contribution < -0.4 is 10.3 Å². The van der Waals surface area contributed by atoms with Crippen molar-refractivity contribution in [3.05, 3.63) is 92.6 Å². The van der Waals surface area contributed by atoms with Gasteiger partial charge in [-0.05, 0) is 78.0 Å². The molecule has 1 atom stereocenters. The number of tetrazole rings is 1. The molecule has 1 aliphatic carbocycles. The lowest BCUT2D eigenvalue weighted by Gasteiger charge is -2.30. The fourth-order valence-corrected chi connectivity index (χ4v) is 6.12. The van der Waals surface area contributed by atoms with Gasteiger partial charge in [0.05, 0.1) is 25.5 Å². The highest BCUT2D eigenvalue weighted by Crippen LogP contribution is 2.35. The largest absolute Gasteiger partial charge is 0.494 e. The van der Waals surface area contributed by atoms with E-state index in [0.717, 1.165) is 48.1 Å². The molecule has 10 heteroatoms. The Morgan fingerprint density at radius 1 is 1.18 bits per heavy atom. The van der Waals surface area contributed by atoms with Gasteiger partial charge in [0.1, 0.15) is 17.6 Å². The van der Waals surface area contributed by atoms with Gasteiger partial charge in [-0.15, -0.1) is 16.4 Å². The number of thiophene rings is 1. The molecule has 6 rings (SSSR count). The van der Waals surface area contributed by atoms with E-state index >= 15 is 0 Å². The Kier molecular flexibility index (Phi) is 7.06. The third kappa shape index (κ3) is 5.01. The number of hydrogen-bond acceptors (Lipinski definition) is 8. The molecule has 196 valence electrons. The van der Waals surface area contributed by atoms with E-state index in [4.69, 9.17) is 9.15 Å². The van der Waals surface area contributed by atoms with Gasteiger partial charge in [0.25, 0.3) is 5.56 Å². The number of ether oxygens (including phenoxy) is 1. The molecule has 1 N–H and O–H groups in total. The molecule has 0 unspecified atom stereocenters. The number of rotatable bonds is 10. The Morgan fingerprint density at radius 3 is 2.84 bits per heavy atom. The zero-order chi connectivity index (χ0) is 25.9. The highest BCUT2D eigenvalue weighted by molar-refractivity contribution is 7.09. The Balaban J connectivity index is 1.52. The van der Waals surface area contributed by atoms with Crippen LogP contribution in [0.25, 0.3) is 10.9 Å². The van der Waals surface area contributed by atoms with Crippen LogP contribution in [-0.2, 0) is 13.1 Å². The van der Waals surface area contributed by atoms with Crippen molar-refractivity contribution in [3.8, 4) is 5.75 Å². The molecule has 1 aliphatic rings. The standard InChI is InChI=1S/C28H30N6O3S/c1-2-36-21-11-12-25-19(15-21)16-24(28(35)29-25)26(27-30-31-32-34(27)20-7-3-4-8-20)33(17-22-9-5-13-37-22)18-23-10-6-14-38-23/h5-6,9-16,20,26H,2-4,7-8,17-18H2,1H3,(H,29,35)/t26-/m0/s1. The van der Waals surface area contributed by atoms with Crippen molar-refractivity contribution in [3.63, 3.8) is 0 Å². The van der Waals surface area contributed by atoms with Crippen LogP contribution in [-0.4, -0.2) is 36.7 Å². The summed E-state index contributed by atoms with van der Waals surface area (Å²) in [6.45, 7) is 3.62. The molecule has 9 nitrogen and oxygen atoms in total. The lowest BCUT2D eigenvalue weighted by molar-refractivity contribution is 0.178. The van der Waals surface area contributed by atoms with Crippen LogP contribution in [0.1, 0.15) is 66.7 Å². The number of benzene rings is 1. The number of aromatic nitrogens is 5. The molecule has 38 heavy (non-hydrogen) atoms. The average Bonchev–Trinajstić information content (AvgIpc) is 3.73. The number of H-pyrrole nitrogens is 1. The number of aromatic amines is 1. The maximum absolute atomic E-state index is 13.7. The van der Waals surface area contributed by atoms with Gasteiger partial charge in [0, 0.05) is 27.9 Å². The highest BCUT2D eigenvalue weighted by Gasteiger charge is 2.34. The molecule has 0 spiro atoms. The van der Waals surface area contributed by atoms with E-state index in [0.29, 0.717) is 31.1 Å². The van der Waals surface area contributed by atoms with Gasteiger partial charge < -0.3 is 14.1 Å². The van der Waals surface area contributed by atoms with Crippen molar-refractivity contribution in [1.82, 2.24) is 30.1 Å². The van der Waals surface area contributed by atoms with Gasteiger partial charge >= 0.3 is 0 Å². The first-order chi connectivity index (χ1) is 18.7. The van der Waals surface area contributed by atoms with E-state index in [9.17, 15) is 4.79 Å². The minimum Gasteiger partial charge on any atom is -0.494 e. The summed E-state index contributed by atoms with van der Waals surface area (Å²) in [5.74, 6) is 2.24. The SMILES string of the molecule is CCOc1ccc2[nH]c(=O)c([C@@H](c3nnnn3C3CCCC3)N(Cc3ccco3)Cc3cccs3)cc2c1. The van der Waals surface area contributed by atoms with Gasteiger partial charge in [0.15, 0.2) is 5.82 Å². The quantitative estimate of drug-likeness (QED) is 0.255. The van der Waals surface area contributed by atoms with Gasteiger partial charge in [-0.1, -0.05) is 18.9 Å². The number of fused-ring (bicyclic) bond motifs is 1. The van der Waals surface area contributed by atoms with E-state index in [-0.39, 0.29) is 11.6 Å². The first-order valence-electron chi connectivity index (χ1n) is 13.1. The summed E-state index contributed by atoms with van der Waals surface area (Å²) < 4.78 is 13.4. The van der Waals surface area contributed by atoms with E-state index in [1.165, 1.54) is 4.88 Å². The van der Waals surface area contributed by atoms with Crippen LogP contribution in [0.15, 0.2) is 69.4 Å². The Labute approximate surface area is 224 Å². The number of pyridine rings is 1. The monoisotopic (exact) mass is 530 g/mol. The van der Waals surface area contributed by atoms with Crippen molar-refractivity contribution in [2.75, 3.05) is 6.61 Å². The van der Waals surface area contributed by atoms with E-state index in [1.807, 2.05) is 54.1 Å². The Hall–Kier alpha value is -3.76. The summed E-state index contributed by atoms with van der Waals surface area (Å²) in [7, 11) is 0. The summed E-state index contributed by atoms with van der Waals surface area (Å²) in [5, 5.41) is 16.0. The van der Waals surface area contributed by atoms with Crippen LogP contribution in [0, 0.1) is 0 Å². The molecule has 4 heterocycles. The van der Waals surface area contributed by atoms with Gasteiger partial charge in [0.2, 0.25) is 0 Å². The maximum Gasteiger partial charge on any atom is 0.253 e. The van der Waals surface area contributed by atoms with Crippen LogP contribution in [0.2, 0.25) is 0 Å². The van der Waals surface area contributed by atoms with Crippen molar-refractivity contribution in [2.45, 2.75) is 57.8 Å². The van der Waals surface area contributed by atoms with Crippen molar-refractivity contribution in [2.24, 2.45) is 0 Å². The Bertz CT molecular complexity index is 1500. The van der Waals surface area contributed by atoms with E-state index in [2.05, 4.69) is 36.9 Å². The lowest BCUT2D eigenvalue weighted by atomic mass is 10.0. The second kappa shape index (κ2) is 10.9. The second-order valence-corrected chi connectivity index (χ2v) is 10.7. The molecule has 1 saturated carbocycles. The van der Waals surface area contributed by atoms with Gasteiger partial charge in [-0.25, -0.2) is 4.68 Å². The smallest absolute Gasteiger partial charge is 0.253 e. The predicted molar refractivity (Wildman–Crippen MR) is 145 cm³/mol. The summed E-state index contributed by atoms with van der Waals surface area (Å²) >= 11 is 1.68. The van der Waals surface area contributed by atoms with Gasteiger partial charge in [-0.2, -0.15) is 0 Å². The fraction of sp³-hybridized carbons (Fsp3) is 0.357. The third-order valence-corrected chi connectivity index (χ3v) is 7.99. The summed E-state index contributed by atoms with van der Waals surface area (Å²) in [4.78, 5) is 20.2. The van der Waals surface area contributed by atoms with Crippen LogP contribution in [0.4, 0.5) is 0 Å². The molecule has 1 aromatic carbocycles. The lowest BCUT2D eigenvalue weighted by Crippen LogP contribution is -2.35. The van der Waals surface area contributed by atoms with E-state index in [1.54, 1.807) is 17.6 Å². The molecule has 1 fully saturated rings. The molecule has 4 aromatic heterocycles. The molecule has 0 aliphatic heterocycles. The van der Waals surface area contributed by atoms with Crippen molar-refractivity contribution < 1.29 is 9.15 Å². The minimum atomic E-state index is -0.498. The normalized spacial score (nSPS) is 15.0. The van der Waals surface area contributed by atoms with Crippen LogP contribution >= 0.6 is 11.3 Å². The van der Waals surface area contributed by atoms with Crippen LogP contribution in [0.3, 0.4) is 0 Å². The summed E-state index contributed by atoms with van der Waals surface area (Å²) in [5.41, 5.74) is 1.18. The molecule has 0 bridgehead atoms. The third-order valence-electron chi connectivity index (χ3n) is 7.13. The second-order valence-electron chi connectivity index (χ2n) is 9.62. The zero-order valence-electron chi connectivity index (χ0n) is 21.2. The maximum atomic E-state index is 13.7. The van der Waals surface area contributed by atoms with Crippen molar-refractivity contribution >= 4 is 22.2 Å². The first-order valence-corrected chi connectivity index (χ1v) is 13.9. The number of furan rings is 1. The topological polar surface area (TPSA) is 102 Å². The molecular formula is C28H30N6O3S. The number of nitrogens with one attached hydrogen (secondary N) is 1. The molecular weight excluding hydrogens is 500 g/mol. The number of hydrogen-bond donors (Lipinski definition) is 1. The highest BCUT2D eigenvalue weighted by atomic mass is 32.1. The molecule has 0 saturated heterocycles. The summed E-state index contributed by atoms with van der Waals surface area (Å²) in [6, 6.07) is 15.4. The fourth-order valence-electron chi connectivity index (χ4n) is 5.39. The minimum absolute atomic E-state index is 0.164. The summed E-state index contributed by atoms with van der Waals surface area (Å²) in [6.07, 6.45) is 6.03. The van der Waals surface area contributed by atoms with Crippen LogP contribution in [0.5, 0.6) is 5.75 Å². The first kappa shape index (κ1) is 24.6. The Morgan fingerprint density at radius 2 is 2.08 bits per heavy atom. The van der Waals surface area contributed by atoms with Gasteiger partial charge in [-0.3, -0.25) is 9.69 Å². The molecule has 0 amide bonds. The predicted octanol–water partition coefficient (Wildman–Crippen LogP) is 5.47. The van der Waals surface area contributed by atoms with E-state index < -0.39 is 6.04 Å². The molecule has 0 radical (unpaired) electrons. The van der Waals surface area contributed by atoms with Crippen molar-refractivity contribution in [1.29, 1.82) is 0 Å². The zero-order valence-corrected chi connectivity index (χ0v) is 22.1. The molecule has 5 aromatic rings. The average molecular weight is 531 g/mol.